The summed E-state index contributed by atoms with van der Waals surface area (Å²) in [5, 5.41) is 13.6. The Kier molecular flexibility index (Phi) is 9.69. The molecule has 2 aromatic heterocycles. The van der Waals surface area contributed by atoms with Gasteiger partial charge in [-0.25, -0.2) is 9.97 Å². The van der Waals surface area contributed by atoms with Crippen molar-refractivity contribution in [2.45, 2.75) is 83.9 Å². The number of benzene rings is 1. The zero-order chi connectivity index (χ0) is 33.5. The lowest BCUT2D eigenvalue weighted by Crippen LogP contribution is -2.39. The number of likely N-dealkylation sites (tertiary alicyclic amines) is 2. The number of rotatable bonds is 8. The van der Waals surface area contributed by atoms with Crippen LogP contribution in [0.3, 0.4) is 0 Å². The van der Waals surface area contributed by atoms with Gasteiger partial charge in [-0.05, 0) is 79.2 Å². The van der Waals surface area contributed by atoms with Crippen molar-refractivity contribution in [2.24, 2.45) is 11.3 Å². The number of nitrogens with zero attached hydrogens (tertiary/aromatic N) is 5. The number of likely N-dealkylation sites (N-methyl/N-ethyl adjacent to an activating group) is 2. The smallest absolute Gasteiger partial charge is 0.280 e. The summed E-state index contributed by atoms with van der Waals surface area (Å²) >= 11 is 1.33. The highest BCUT2D eigenvalue weighted by Crippen LogP contribution is 2.38. The first-order valence-corrected chi connectivity index (χ1v) is 17.8. The molecule has 3 aromatic rings. The fourth-order valence-electron chi connectivity index (χ4n) is 7.20. The molecule has 0 spiro atoms. The number of hydrogen-bond acceptors (Lipinski definition) is 8. The Morgan fingerprint density at radius 3 is 2.60 bits per heavy atom. The van der Waals surface area contributed by atoms with Gasteiger partial charge in [0, 0.05) is 58.0 Å². The lowest BCUT2D eigenvalue weighted by molar-refractivity contribution is -0.126. The second kappa shape index (κ2) is 13.6. The Bertz CT molecular complexity index is 1640. The van der Waals surface area contributed by atoms with E-state index in [-0.39, 0.29) is 41.3 Å². The van der Waals surface area contributed by atoms with E-state index in [1.807, 2.05) is 18.2 Å². The molecule has 1 aliphatic carbocycles. The van der Waals surface area contributed by atoms with Crippen molar-refractivity contribution in [2.75, 3.05) is 40.3 Å². The Morgan fingerprint density at radius 2 is 1.89 bits per heavy atom. The molecule has 0 bridgehead atoms. The zero-order valence-electron chi connectivity index (χ0n) is 28.3. The van der Waals surface area contributed by atoms with Crippen LogP contribution in [0.15, 0.2) is 30.3 Å². The van der Waals surface area contributed by atoms with E-state index in [0.29, 0.717) is 35.9 Å². The molecule has 1 aromatic carbocycles. The second-order valence-electron chi connectivity index (χ2n) is 14.8. The van der Waals surface area contributed by atoms with Crippen LogP contribution >= 0.6 is 11.3 Å². The number of aliphatic hydroxyl groups excluding tert-OH is 1. The maximum Gasteiger partial charge on any atom is 0.280 e. The molecule has 3 atom stereocenters. The predicted molar refractivity (Wildman–Crippen MR) is 183 cm³/mol. The van der Waals surface area contributed by atoms with Gasteiger partial charge in [0.25, 0.3) is 11.8 Å². The fourth-order valence-corrected chi connectivity index (χ4v) is 8.05. The summed E-state index contributed by atoms with van der Waals surface area (Å²) in [5.41, 5.74) is 4.73. The number of nitrogens with one attached hydrogen (secondary N) is 1. The molecular weight excluding hydrogens is 613 g/mol. The predicted octanol–water partition coefficient (Wildman–Crippen LogP) is 4.46. The third-order valence-electron chi connectivity index (χ3n) is 10.5. The number of carbonyl (C=O) groups is 3. The summed E-state index contributed by atoms with van der Waals surface area (Å²) < 4.78 is 0. The van der Waals surface area contributed by atoms with E-state index >= 15 is 0 Å². The maximum absolute atomic E-state index is 13.8. The number of thiazole rings is 1. The summed E-state index contributed by atoms with van der Waals surface area (Å²) in [5.74, 6) is 0.226. The average molecular weight is 661 g/mol. The maximum atomic E-state index is 13.8. The average Bonchev–Trinajstić information content (AvgIpc) is 3.62. The van der Waals surface area contributed by atoms with E-state index in [2.05, 4.69) is 37.1 Å². The first-order chi connectivity index (χ1) is 22.4. The van der Waals surface area contributed by atoms with Crippen LogP contribution in [-0.2, 0) is 17.6 Å². The van der Waals surface area contributed by atoms with Crippen molar-refractivity contribution in [3.05, 3.63) is 57.7 Å². The molecule has 10 nitrogen and oxygen atoms in total. The molecule has 252 valence electrons. The Morgan fingerprint density at radius 1 is 1.13 bits per heavy atom. The Balaban J connectivity index is 1.22. The van der Waals surface area contributed by atoms with E-state index in [1.54, 1.807) is 30.0 Å². The van der Waals surface area contributed by atoms with Crippen molar-refractivity contribution in [1.29, 1.82) is 0 Å². The highest BCUT2D eigenvalue weighted by Gasteiger charge is 2.33. The molecule has 11 heteroatoms. The van der Waals surface area contributed by atoms with Gasteiger partial charge < -0.3 is 25.1 Å². The van der Waals surface area contributed by atoms with Crippen molar-refractivity contribution in [3.63, 3.8) is 0 Å². The summed E-state index contributed by atoms with van der Waals surface area (Å²) in [6, 6.07) is 9.07. The molecular formula is C36H48N6O4S. The number of carbonyl (C=O) groups excluding carboxylic acids is 3. The van der Waals surface area contributed by atoms with E-state index in [1.165, 1.54) is 16.9 Å². The number of fused-ring (bicyclic) bond motifs is 2. The van der Waals surface area contributed by atoms with Crippen LogP contribution in [0.4, 0.5) is 0 Å². The molecule has 3 amide bonds. The van der Waals surface area contributed by atoms with Crippen LogP contribution in [0.25, 0.3) is 10.3 Å². The third kappa shape index (κ3) is 7.52. The quantitative estimate of drug-likeness (QED) is 0.366. The topological polar surface area (TPSA) is 119 Å². The summed E-state index contributed by atoms with van der Waals surface area (Å²) in [6.45, 7) is 9.77. The number of piperidine rings is 1. The molecule has 2 saturated heterocycles. The molecule has 47 heavy (non-hydrogen) atoms. The van der Waals surface area contributed by atoms with Crippen LogP contribution < -0.4 is 5.32 Å². The lowest BCUT2D eigenvalue weighted by Gasteiger charge is -2.34. The van der Waals surface area contributed by atoms with Crippen molar-refractivity contribution < 1.29 is 19.5 Å². The minimum absolute atomic E-state index is 0.0377. The highest BCUT2D eigenvalue weighted by molar-refractivity contribution is 7.19. The Labute approximate surface area is 281 Å². The van der Waals surface area contributed by atoms with E-state index in [4.69, 9.17) is 9.97 Å². The number of aryl methyl sites for hydroxylation is 1. The van der Waals surface area contributed by atoms with Gasteiger partial charge in [0.1, 0.15) is 10.3 Å². The van der Waals surface area contributed by atoms with Gasteiger partial charge in [0.2, 0.25) is 5.91 Å². The molecule has 3 aliphatic rings. The normalized spacial score (nSPS) is 21.6. The van der Waals surface area contributed by atoms with E-state index < -0.39 is 0 Å². The molecule has 2 fully saturated rings. The van der Waals surface area contributed by atoms with Crippen LogP contribution in [-0.4, -0.2) is 99.9 Å². The zero-order valence-corrected chi connectivity index (χ0v) is 29.1. The van der Waals surface area contributed by atoms with Gasteiger partial charge in [-0.15, -0.1) is 0 Å². The first kappa shape index (κ1) is 33.5. The fraction of sp³-hybridized carbons (Fsp3) is 0.583. The molecule has 0 radical (unpaired) electrons. The number of pyridine rings is 1. The van der Waals surface area contributed by atoms with Gasteiger partial charge in [-0.1, -0.05) is 44.2 Å². The highest BCUT2D eigenvalue weighted by atomic mass is 32.1. The number of hydrogen-bond donors (Lipinski definition) is 2. The molecule has 2 N–H and O–H groups in total. The van der Waals surface area contributed by atoms with E-state index in [9.17, 15) is 19.5 Å². The molecule has 6 rings (SSSR count). The van der Waals surface area contributed by atoms with Gasteiger partial charge in [-0.3, -0.25) is 14.4 Å². The van der Waals surface area contributed by atoms with Crippen molar-refractivity contribution in [3.8, 4) is 0 Å². The number of aliphatic hydroxyl groups is 1. The summed E-state index contributed by atoms with van der Waals surface area (Å²) in [4.78, 5) is 55.6. The SMILES string of the molecule is CN1CC(N(C)C(=O)c2cccc([C@@H](CCN3CCC(O)CC3)NC(=O)c3nc4cc5c(nc4s3)CC[C@H](C(C)(C)C)C5)c2)CC1=O. The molecule has 1 unspecified atom stereocenters. The van der Waals surface area contributed by atoms with E-state index in [0.717, 1.165) is 73.3 Å². The van der Waals surface area contributed by atoms with Crippen molar-refractivity contribution >= 4 is 39.4 Å². The molecule has 2 aliphatic heterocycles. The lowest BCUT2D eigenvalue weighted by atomic mass is 9.71. The first-order valence-electron chi connectivity index (χ1n) is 17.0. The molecule has 4 heterocycles. The van der Waals surface area contributed by atoms with Crippen LogP contribution in [0, 0.1) is 11.3 Å². The standard InChI is InChI=1S/C36H48N6O4S/c1-36(2,3)25-9-10-28-24(18-25)19-30-33(38-28)47-34(39-30)32(45)37-29(13-16-42-14-11-27(43)12-15-42)22-7-6-8-23(17-22)35(46)41(5)26-20-31(44)40(4)21-26/h6-8,17,19,25-27,29,43H,9-16,18,20-21H2,1-5H3,(H,37,45)/t25-,26?,29+/m0/s1. The summed E-state index contributed by atoms with van der Waals surface area (Å²) in [6.07, 6.45) is 5.23. The van der Waals surface area contributed by atoms with Gasteiger partial charge in [-0.2, -0.15) is 0 Å². The Hall–Kier alpha value is -3.41. The van der Waals surface area contributed by atoms with Gasteiger partial charge in [0.15, 0.2) is 5.01 Å². The van der Waals surface area contributed by atoms with Crippen molar-refractivity contribution in [1.82, 2.24) is 30.0 Å². The molecule has 0 saturated carbocycles. The number of amides is 3. The van der Waals surface area contributed by atoms with Gasteiger partial charge in [0.05, 0.1) is 18.2 Å². The number of aromatic nitrogens is 2. The monoisotopic (exact) mass is 660 g/mol. The third-order valence-corrected chi connectivity index (χ3v) is 11.5. The minimum Gasteiger partial charge on any atom is -0.393 e. The van der Waals surface area contributed by atoms with Crippen LogP contribution in [0.1, 0.15) is 95.9 Å². The van der Waals surface area contributed by atoms with Crippen LogP contribution in [0.2, 0.25) is 0 Å². The second-order valence-corrected chi connectivity index (χ2v) is 15.8. The van der Waals surface area contributed by atoms with Crippen LogP contribution in [0.5, 0.6) is 0 Å². The minimum atomic E-state index is -0.354. The largest absolute Gasteiger partial charge is 0.393 e. The van der Waals surface area contributed by atoms with Gasteiger partial charge >= 0.3 is 0 Å². The summed E-state index contributed by atoms with van der Waals surface area (Å²) in [7, 11) is 3.51.